The Bertz CT molecular complexity index is 3830. The fraction of sp³-hybridized carbons (Fsp3) is 0.464. The van der Waals surface area contributed by atoms with Crippen molar-refractivity contribution in [2.75, 3.05) is 80.6 Å². The third-order valence-electron chi connectivity index (χ3n) is 16.7. The number of benzene rings is 6. The Morgan fingerprint density at radius 3 is 0.778 bits per heavy atom. The smallest absolute Gasteiger partial charge is 0.409 e. The Balaban J connectivity index is 1.10. The molecule has 0 spiro atoms. The number of fused-ring (bicyclic) bond motifs is 3. The molecule has 33 nitrogen and oxygen atoms in total. The van der Waals surface area contributed by atoms with Crippen molar-refractivity contribution < 1.29 is 114 Å². The molecule has 0 bridgehead atoms. The summed E-state index contributed by atoms with van der Waals surface area (Å²) in [7, 11) is 4.48. The molecule has 6 aromatic rings. The highest BCUT2D eigenvalue weighted by Crippen LogP contribution is 2.41. The summed E-state index contributed by atoms with van der Waals surface area (Å²) in [5, 5.41) is 23.3. The molecular formula is C84H111N9O24. The summed E-state index contributed by atoms with van der Waals surface area (Å²) in [6.07, 6.45) is -8.23. The van der Waals surface area contributed by atoms with Crippen LogP contribution in [0.2, 0.25) is 0 Å². The van der Waals surface area contributed by atoms with E-state index in [-0.39, 0.29) is 79.1 Å². The van der Waals surface area contributed by atoms with Crippen molar-refractivity contribution in [1.29, 1.82) is 0 Å². The molecule has 0 heterocycles. The molecule has 0 saturated carbocycles. The van der Waals surface area contributed by atoms with Gasteiger partial charge < -0.3 is 119 Å². The number of carbonyl (C=O) groups excluding carboxylic acids is 9. The molecule has 1 aliphatic carbocycles. The lowest BCUT2D eigenvalue weighted by molar-refractivity contribution is -0.128. The minimum atomic E-state index is -1.30. The van der Waals surface area contributed by atoms with Crippen LogP contribution in [-0.4, -0.2) is 188 Å². The van der Waals surface area contributed by atoms with E-state index in [0.717, 1.165) is 50.1 Å². The number of methoxy groups -OCH3 is 3. The molecule has 117 heavy (non-hydrogen) atoms. The molecule has 0 aliphatic heterocycles. The summed E-state index contributed by atoms with van der Waals surface area (Å²) >= 11 is 0. The van der Waals surface area contributed by atoms with Gasteiger partial charge in [0.25, 0.3) is 0 Å². The first-order valence-corrected chi connectivity index (χ1v) is 38.2. The molecule has 6 aromatic carbocycles. The topological polar surface area (TPSA) is 400 Å². The minimum absolute atomic E-state index is 0.0901. The lowest BCUT2D eigenvalue weighted by Gasteiger charge is -2.24. The van der Waals surface area contributed by atoms with Gasteiger partial charge in [-0.25, -0.2) is 28.8 Å². The second kappa shape index (κ2) is 45.4. The van der Waals surface area contributed by atoms with Gasteiger partial charge in [0, 0.05) is 0 Å². The zero-order valence-electron chi connectivity index (χ0n) is 69.0. The Kier molecular flexibility index (Phi) is 35.7. The van der Waals surface area contributed by atoms with Crippen LogP contribution < -0.4 is 76.3 Å². The van der Waals surface area contributed by atoms with Crippen LogP contribution in [0, 0.1) is 0 Å². The zero-order chi connectivity index (χ0) is 85.2. The first-order chi connectivity index (χ1) is 55.6. The Morgan fingerprint density at radius 2 is 0.556 bits per heavy atom. The van der Waals surface area contributed by atoms with Gasteiger partial charge in [0.15, 0.2) is 34.5 Å². The van der Waals surface area contributed by atoms with Crippen LogP contribution in [0.3, 0.4) is 0 Å². The van der Waals surface area contributed by atoms with Crippen molar-refractivity contribution in [3.8, 4) is 34.5 Å². The van der Waals surface area contributed by atoms with Crippen LogP contribution >= 0.6 is 0 Å². The lowest BCUT2D eigenvalue weighted by Crippen LogP contribution is -2.52. The maximum absolute atomic E-state index is 13.5. The number of amides is 9. The first-order valence-electron chi connectivity index (χ1n) is 38.2. The van der Waals surface area contributed by atoms with Gasteiger partial charge in [-0.2, -0.15) is 0 Å². The van der Waals surface area contributed by atoms with Crippen LogP contribution in [0.5, 0.6) is 34.5 Å². The number of hydrogen-bond donors (Lipinski definition) is 9. The van der Waals surface area contributed by atoms with E-state index in [4.69, 9.17) is 71.1 Å². The molecule has 0 fully saturated rings. The quantitative estimate of drug-likeness (QED) is 0.00982. The highest BCUT2D eigenvalue weighted by molar-refractivity contribution is 5.87. The van der Waals surface area contributed by atoms with Gasteiger partial charge >= 0.3 is 36.6 Å². The van der Waals surface area contributed by atoms with Crippen molar-refractivity contribution in [3.05, 3.63) is 177 Å². The van der Waals surface area contributed by atoms with E-state index < -0.39 is 108 Å². The van der Waals surface area contributed by atoms with Gasteiger partial charge in [-0.3, -0.25) is 14.4 Å². The molecule has 6 atom stereocenters. The van der Waals surface area contributed by atoms with Gasteiger partial charge in [0.2, 0.25) is 36.4 Å². The average Bonchev–Trinajstić information content (AvgIpc) is 1.68. The molecule has 0 saturated heterocycles. The van der Waals surface area contributed by atoms with Crippen molar-refractivity contribution >= 4 is 54.3 Å². The van der Waals surface area contributed by atoms with Crippen molar-refractivity contribution in [3.63, 3.8) is 0 Å². The molecule has 1 aliphatic rings. The van der Waals surface area contributed by atoms with Gasteiger partial charge in [-0.15, -0.1) is 0 Å². The molecule has 9 amide bonds. The van der Waals surface area contributed by atoms with Gasteiger partial charge in [0.1, 0.15) is 74.6 Å². The van der Waals surface area contributed by atoms with Crippen LogP contribution in [0.25, 0.3) is 0 Å². The predicted octanol–water partition coefficient (Wildman–Crippen LogP) is 9.83. The largest absolute Gasteiger partial charge is 0.493 e. The van der Waals surface area contributed by atoms with E-state index in [1.807, 2.05) is 127 Å². The van der Waals surface area contributed by atoms with E-state index in [9.17, 15) is 43.2 Å². The van der Waals surface area contributed by atoms with Crippen molar-refractivity contribution in [1.82, 2.24) is 47.9 Å². The molecular weight excluding hydrogens is 1520 g/mol. The van der Waals surface area contributed by atoms with Gasteiger partial charge in [-0.1, -0.05) is 91.0 Å². The van der Waals surface area contributed by atoms with E-state index in [1.54, 1.807) is 62.3 Å². The Labute approximate surface area is 681 Å². The fourth-order valence-electron chi connectivity index (χ4n) is 11.2. The third-order valence-corrected chi connectivity index (χ3v) is 16.7. The summed E-state index contributed by atoms with van der Waals surface area (Å²) in [6.45, 7) is 18.6. The number of carbonyl (C=O) groups is 9. The molecule has 636 valence electrons. The summed E-state index contributed by atoms with van der Waals surface area (Å²) < 4.78 is 87.6. The highest BCUT2D eigenvalue weighted by Gasteiger charge is 2.31. The monoisotopic (exact) mass is 1630 g/mol. The molecule has 33 heteroatoms. The fourth-order valence-corrected chi connectivity index (χ4v) is 11.2. The van der Waals surface area contributed by atoms with E-state index >= 15 is 0 Å². The normalized spacial score (nSPS) is 13.3. The molecule has 0 aromatic heterocycles. The van der Waals surface area contributed by atoms with Crippen molar-refractivity contribution in [2.24, 2.45) is 0 Å². The predicted molar refractivity (Wildman–Crippen MR) is 428 cm³/mol. The van der Waals surface area contributed by atoms with Crippen molar-refractivity contribution in [2.45, 2.75) is 176 Å². The van der Waals surface area contributed by atoms with Gasteiger partial charge in [0.05, 0.1) is 60.8 Å². The minimum Gasteiger partial charge on any atom is -0.493 e. The lowest BCUT2D eigenvalue weighted by atomic mass is 9.94. The first kappa shape index (κ1) is 92.2. The molecule has 7 rings (SSSR count). The third kappa shape index (κ3) is 33.4. The summed E-state index contributed by atoms with van der Waals surface area (Å²) in [4.78, 5) is 118. The van der Waals surface area contributed by atoms with E-state index in [1.165, 1.54) is 42.1 Å². The van der Waals surface area contributed by atoms with Gasteiger partial charge in [-0.05, 0) is 189 Å². The second-order valence-electron chi connectivity index (χ2n) is 30.0. The zero-order valence-corrected chi connectivity index (χ0v) is 69.0. The average molecular weight is 1630 g/mol. The number of alkyl carbamates (subject to hydrolysis) is 6. The SMILES string of the molecule is COc1cc2c(cc1OCCNC(=O)O[C@@H](COCc1ccccc1)NC(=O)[C@H](C)NC(=O)OC(C)(C)C)Cc1cc(OC)c(OCCNC(=O)O[C@@H](COCc3ccccc3)NC(=O)[C@H](C)NC(=O)OC(C)(C)C)cc1Cc1cc(OC)c(OCCNC(=O)O[C@@H](COCc3ccccc3)NC(=O)[C@H](C)NC(=O)OC(C)(C)C)cc1C2. The van der Waals surface area contributed by atoms with E-state index in [0.29, 0.717) is 53.8 Å². The number of ether oxygens (including phenoxy) is 15. The summed E-state index contributed by atoms with van der Waals surface area (Å²) in [5.41, 5.74) is 4.82. The van der Waals surface area contributed by atoms with Crippen LogP contribution in [0.1, 0.15) is 133 Å². The Morgan fingerprint density at radius 1 is 0.325 bits per heavy atom. The molecule has 0 radical (unpaired) electrons. The number of nitrogens with one attached hydrogen (secondary N) is 9. The summed E-state index contributed by atoms with van der Waals surface area (Å²) in [6, 6.07) is 35.5. The number of rotatable bonds is 39. The second-order valence-corrected chi connectivity index (χ2v) is 30.0. The van der Waals surface area contributed by atoms with E-state index in [2.05, 4.69) is 47.9 Å². The maximum Gasteiger partial charge on any atom is 0.409 e. The standard InChI is InChI=1S/C84H111N9O24/c1-52(88-79(100)115-82(4,5)6)73(94)91-70(49-106-46-55-25-19-16-20-26-55)112-76(97)85-31-34-109-67-43-61-37-59-41-65(104-14)69(111-36-33-87-78(99)114-72(51-108-48-57-29-23-18-24-30-57)93-75(96)54(3)90-81(102)117-84(10,11)12)45-63(59)39-60-42-66(105-15)68(44-62(60)38-58(61)40-64(67)103-13)110-35-32-86-77(98)113-71(50-107-47-56-27-21-17-22-28-56)92-74(95)53(2)89-80(101)116-83(7,8)9/h16-30,40-45,52-54,70-72H,31-39,46-51H2,1-15H3,(H,85,97)(H,86,98)(H,87,99)(H,88,100)(H,89,101)(H,90,102)(H,91,94)(H,92,95)(H,93,96)/t52-,53-,54-,70-,71-,72-/m0/s1. The summed E-state index contributed by atoms with van der Waals surface area (Å²) in [5.74, 6) is -0.0482. The highest BCUT2D eigenvalue weighted by atomic mass is 16.6. The Hall–Kier alpha value is -12.0. The molecule has 9 N–H and O–H groups in total. The van der Waals surface area contributed by atoms with Crippen LogP contribution in [0.4, 0.5) is 28.8 Å². The molecule has 0 unspecified atom stereocenters. The maximum atomic E-state index is 13.5. The van der Waals surface area contributed by atoms with Crippen LogP contribution in [-0.2, 0) is 96.1 Å². The number of hydrogen-bond acceptors (Lipinski definition) is 24. The van der Waals surface area contributed by atoms with Crippen LogP contribution in [0.15, 0.2) is 127 Å².